The largest absolute Gasteiger partial charge is 0.497 e. The van der Waals surface area contributed by atoms with E-state index in [9.17, 15) is 4.79 Å². The van der Waals surface area contributed by atoms with E-state index in [0.717, 1.165) is 26.7 Å². The minimum absolute atomic E-state index is 0.247. The third kappa shape index (κ3) is 3.88. The number of benzene rings is 2. The Morgan fingerprint density at radius 3 is 2.69 bits per heavy atom. The van der Waals surface area contributed by atoms with Gasteiger partial charge in [-0.1, -0.05) is 28.1 Å². The first-order chi connectivity index (χ1) is 14.1. The van der Waals surface area contributed by atoms with Crippen molar-refractivity contribution in [3.05, 3.63) is 64.4 Å². The maximum absolute atomic E-state index is 12.2. The van der Waals surface area contributed by atoms with Crippen molar-refractivity contribution in [2.45, 2.75) is 13.5 Å². The highest BCUT2D eigenvalue weighted by Gasteiger charge is 2.17. The van der Waals surface area contributed by atoms with Crippen LogP contribution in [-0.2, 0) is 11.3 Å². The van der Waals surface area contributed by atoms with Gasteiger partial charge in [-0.25, -0.2) is 14.8 Å². The molecule has 2 aromatic heterocycles. The fraction of sp³-hybridized carbons (Fsp3) is 0.190. The van der Waals surface area contributed by atoms with Gasteiger partial charge in [0.05, 0.1) is 19.2 Å². The number of methoxy groups -OCH3 is 1. The van der Waals surface area contributed by atoms with E-state index in [4.69, 9.17) is 14.5 Å². The van der Waals surface area contributed by atoms with E-state index in [2.05, 4.69) is 26.2 Å². The summed E-state index contributed by atoms with van der Waals surface area (Å²) in [5.41, 5.74) is 2.73. The van der Waals surface area contributed by atoms with E-state index < -0.39 is 5.97 Å². The fourth-order valence-electron chi connectivity index (χ4n) is 3.04. The Labute approximate surface area is 175 Å². The second kappa shape index (κ2) is 8.08. The zero-order chi connectivity index (χ0) is 20.4. The average Bonchev–Trinajstić information content (AvgIpc) is 3.18. The summed E-state index contributed by atoms with van der Waals surface area (Å²) in [5, 5.41) is 4.19. The Balaban J connectivity index is 1.76. The molecule has 0 atom stereocenters. The van der Waals surface area contributed by atoms with E-state index >= 15 is 0 Å². The molecule has 1 N–H and O–H groups in total. The molecule has 0 bridgehead atoms. The molecular formula is C21H19BrN4O3. The zero-order valence-electron chi connectivity index (χ0n) is 16.0. The molecule has 0 spiro atoms. The van der Waals surface area contributed by atoms with Gasteiger partial charge < -0.3 is 14.8 Å². The smallest absolute Gasteiger partial charge is 0.358 e. The van der Waals surface area contributed by atoms with Crippen molar-refractivity contribution in [2.24, 2.45) is 0 Å². The van der Waals surface area contributed by atoms with E-state index in [1.165, 1.54) is 0 Å². The predicted molar refractivity (Wildman–Crippen MR) is 114 cm³/mol. The van der Waals surface area contributed by atoms with Crippen molar-refractivity contribution in [3.63, 3.8) is 0 Å². The molecule has 2 aromatic carbocycles. The van der Waals surface area contributed by atoms with Gasteiger partial charge in [0.25, 0.3) is 0 Å². The molecular weight excluding hydrogens is 436 g/mol. The fourth-order valence-corrected chi connectivity index (χ4v) is 3.39. The van der Waals surface area contributed by atoms with Gasteiger partial charge in [-0.15, -0.1) is 0 Å². The number of hydrogen-bond acceptors (Lipinski definition) is 6. The van der Waals surface area contributed by atoms with E-state index in [1.54, 1.807) is 24.6 Å². The minimum Gasteiger partial charge on any atom is -0.497 e. The first kappa shape index (κ1) is 19.2. The van der Waals surface area contributed by atoms with Gasteiger partial charge in [0, 0.05) is 22.6 Å². The number of carbonyl (C=O) groups is 1. The SMILES string of the molecule is CCOC(=O)c1cn2c(NCc3ccc(OC)cc3)nc3cc(Br)ccc3c2n1. The first-order valence-electron chi connectivity index (χ1n) is 9.11. The number of aromatic nitrogens is 3. The molecule has 0 saturated carbocycles. The summed E-state index contributed by atoms with van der Waals surface area (Å²) in [7, 11) is 1.64. The number of carbonyl (C=O) groups excluding carboxylic acids is 1. The van der Waals surface area contributed by atoms with Gasteiger partial charge in [0.2, 0.25) is 5.95 Å². The second-order valence-electron chi connectivity index (χ2n) is 6.34. The Morgan fingerprint density at radius 2 is 1.97 bits per heavy atom. The number of rotatable bonds is 6. The quantitative estimate of drug-likeness (QED) is 0.433. The molecule has 0 aliphatic rings. The molecule has 0 radical (unpaired) electrons. The number of hydrogen-bond donors (Lipinski definition) is 1. The molecule has 0 saturated heterocycles. The van der Waals surface area contributed by atoms with Crippen molar-refractivity contribution in [2.75, 3.05) is 19.0 Å². The summed E-state index contributed by atoms with van der Waals surface area (Å²) >= 11 is 3.49. The van der Waals surface area contributed by atoms with Crippen LogP contribution in [0.4, 0.5) is 5.95 Å². The lowest BCUT2D eigenvalue weighted by Crippen LogP contribution is -2.07. The summed E-state index contributed by atoms with van der Waals surface area (Å²) in [6.45, 7) is 2.61. The van der Waals surface area contributed by atoms with Crippen LogP contribution in [0.3, 0.4) is 0 Å². The van der Waals surface area contributed by atoms with Crippen molar-refractivity contribution >= 4 is 44.4 Å². The predicted octanol–water partition coefficient (Wildman–Crippen LogP) is 4.44. The number of anilines is 1. The summed E-state index contributed by atoms with van der Waals surface area (Å²) in [5.74, 6) is 0.936. The van der Waals surface area contributed by atoms with Crippen LogP contribution in [0.2, 0.25) is 0 Å². The standard InChI is InChI=1S/C21H19BrN4O3/c1-3-29-20(27)18-12-26-19(24-18)16-9-6-14(22)10-17(16)25-21(26)23-11-13-4-7-15(28-2)8-5-13/h4-10,12H,3,11H2,1-2H3,(H,23,25). The lowest BCUT2D eigenvalue weighted by atomic mass is 10.2. The highest BCUT2D eigenvalue weighted by Crippen LogP contribution is 2.25. The zero-order valence-corrected chi connectivity index (χ0v) is 17.6. The van der Waals surface area contributed by atoms with Crippen molar-refractivity contribution in [1.82, 2.24) is 14.4 Å². The van der Waals surface area contributed by atoms with Crippen LogP contribution in [0.25, 0.3) is 16.6 Å². The van der Waals surface area contributed by atoms with Gasteiger partial charge in [0.15, 0.2) is 5.69 Å². The Hall–Kier alpha value is -3.13. The molecule has 7 nitrogen and oxygen atoms in total. The van der Waals surface area contributed by atoms with Crippen LogP contribution in [0.15, 0.2) is 53.1 Å². The summed E-state index contributed by atoms with van der Waals surface area (Å²) in [4.78, 5) is 21.4. The molecule has 0 fully saturated rings. The average molecular weight is 455 g/mol. The highest BCUT2D eigenvalue weighted by atomic mass is 79.9. The molecule has 0 amide bonds. The topological polar surface area (TPSA) is 77.8 Å². The third-order valence-electron chi connectivity index (χ3n) is 4.46. The van der Waals surface area contributed by atoms with E-state index in [0.29, 0.717) is 24.7 Å². The Morgan fingerprint density at radius 1 is 1.17 bits per heavy atom. The summed E-state index contributed by atoms with van der Waals surface area (Å²) < 4.78 is 13.0. The molecule has 0 aliphatic carbocycles. The third-order valence-corrected chi connectivity index (χ3v) is 4.95. The molecule has 0 unspecified atom stereocenters. The maximum atomic E-state index is 12.2. The number of fused-ring (bicyclic) bond motifs is 3. The number of ether oxygens (including phenoxy) is 2. The highest BCUT2D eigenvalue weighted by molar-refractivity contribution is 9.10. The van der Waals surface area contributed by atoms with Gasteiger partial charge in [0.1, 0.15) is 11.4 Å². The lowest BCUT2D eigenvalue weighted by molar-refractivity contribution is 0.0520. The van der Waals surface area contributed by atoms with Crippen LogP contribution in [0, 0.1) is 0 Å². The van der Waals surface area contributed by atoms with E-state index in [1.807, 2.05) is 42.5 Å². The summed E-state index contributed by atoms with van der Waals surface area (Å²) in [6.07, 6.45) is 1.65. The van der Waals surface area contributed by atoms with Crippen LogP contribution >= 0.6 is 15.9 Å². The Bertz CT molecular complexity index is 1190. The number of imidazole rings is 1. The molecule has 148 valence electrons. The van der Waals surface area contributed by atoms with Gasteiger partial charge >= 0.3 is 5.97 Å². The molecule has 4 aromatic rings. The van der Waals surface area contributed by atoms with Crippen LogP contribution in [0.5, 0.6) is 5.75 Å². The lowest BCUT2D eigenvalue weighted by Gasteiger charge is -2.11. The summed E-state index contributed by atoms with van der Waals surface area (Å²) in [6, 6.07) is 13.6. The van der Waals surface area contributed by atoms with Crippen LogP contribution in [-0.4, -0.2) is 34.1 Å². The minimum atomic E-state index is -0.456. The van der Waals surface area contributed by atoms with Gasteiger partial charge in [-0.2, -0.15) is 0 Å². The number of nitrogens with one attached hydrogen (secondary N) is 1. The maximum Gasteiger partial charge on any atom is 0.358 e. The van der Waals surface area contributed by atoms with Gasteiger partial charge in [-0.05, 0) is 42.8 Å². The van der Waals surface area contributed by atoms with Crippen LogP contribution in [0.1, 0.15) is 23.0 Å². The molecule has 29 heavy (non-hydrogen) atoms. The number of halogens is 1. The van der Waals surface area contributed by atoms with Gasteiger partial charge in [-0.3, -0.25) is 4.40 Å². The second-order valence-corrected chi connectivity index (χ2v) is 7.25. The number of nitrogens with zero attached hydrogens (tertiary/aromatic N) is 3. The number of esters is 1. The van der Waals surface area contributed by atoms with Crippen LogP contribution < -0.4 is 10.1 Å². The van der Waals surface area contributed by atoms with Crippen molar-refractivity contribution in [1.29, 1.82) is 0 Å². The normalized spacial score (nSPS) is 11.0. The van der Waals surface area contributed by atoms with Crippen molar-refractivity contribution < 1.29 is 14.3 Å². The molecule has 0 aliphatic heterocycles. The van der Waals surface area contributed by atoms with E-state index in [-0.39, 0.29) is 5.69 Å². The Kier molecular flexibility index (Phi) is 5.35. The molecule has 2 heterocycles. The first-order valence-corrected chi connectivity index (χ1v) is 9.90. The monoisotopic (exact) mass is 454 g/mol. The van der Waals surface area contributed by atoms with Crippen molar-refractivity contribution in [3.8, 4) is 5.75 Å². The molecule has 4 rings (SSSR count). The molecule has 8 heteroatoms.